The monoisotopic (exact) mass is 382 g/mol. The summed E-state index contributed by atoms with van der Waals surface area (Å²) in [5.74, 6) is -0.527. The fourth-order valence-corrected chi connectivity index (χ4v) is 4.02. The Morgan fingerprint density at radius 2 is 1.48 bits per heavy atom. The van der Waals surface area contributed by atoms with Gasteiger partial charge in [0.05, 0.1) is 5.56 Å². The molecule has 1 aromatic carbocycles. The van der Waals surface area contributed by atoms with Crippen LogP contribution in [0, 0.1) is 11.8 Å². The van der Waals surface area contributed by atoms with Gasteiger partial charge in [0, 0.05) is 23.6 Å². The van der Waals surface area contributed by atoms with E-state index in [1.54, 1.807) is 0 Å². The molecular formula is C20H25F3N2O2. The van der Waals surface area contributed by atoms with Crippen LogP contribution in [-0.2, 0) is 15.8 Å². The summed E-state index contributed by atoms with van der Waals surface area (Å²) in [6, 6.07) is 4.94. The van der Waals surface area contributed by atoms with Crippen molar-refractivity contribution in [3.8, 4) is 0 Å². The minimum absolute atomic E-state index is 0.0665. The Morgan fingerprint density at radius 1 is 0.889 bits per heavy atom. The molecule has 0 unspecified atom stereocenters. The molecule has 0 heterocycles. The highest BCUT2D eigenvalue weighted by Gasteiger charge is 2.32. The van der Waals surface area contributed by atoms with Gasteiger partial charge < -0.3 is 10.6 Å². The van der Waals surface area contributed by atoms with Gasteiger partial charge in [-0.15, -0.1) is 0 Å². The zero-order chi connectivity index (χ0) is 19.4. The molecule has 2 fully saturated rings. The van der Waals surface area contributed by atoms with E-state index in [0.717, 1.165) is 37.8 Å². The summed E-state index contributed by atoms with van der Waals surface area (Å²) in [5.41, 5.74) is -0.636. The minimum Gasteiger partial charge on any atom is -0.353 e. The largest absolute Gasteiger partial charge is 0.416 e. The van der Waals surface area contributed by atoms with Gasteiger partial charge in [-0.25, -0.2) is 0 Å². The summed E-state index contributed by atoms with van der Waals surface area (Å²) >= 11 is 0. The number of nitrogens with one attached hydrogen (secondary N) is 2. The number of rotatable bonds is 4. The van der Waals surface area contributed by atoms with Crippen molar-refractivity contribution in [3.05, 3.63) is 29.8 Å². The first kappa shape index (κ1) is 19.7. The third-order valence-corrected chi connectivity index (χ3v) is 5.63. The Labute approximate surface area is 156 Å². The number of hydrogen-bond acceptors (Lipinski definition) is 2. The Hall–Kier alpha value is -2.05. The highest BCUT2D eigenvalue weighted by Crippen LogP contribution is 2.33. The van der Waals surface area contributed by atoms with Crippen LogP contribution in [0.4, 0.5) is 18.9 Å². The summed E-state index contributed by atoms with van der Waals surface area (Å²) in [4.78, 5) is 24.7. The van der Waals surface area contributed by atoms with Gasteiger partial charge in [0.2, 0.25) is 11.8 Å². The van der Waals surface area contributed by atoms with E-state index in [1.165, 1.54) is 12.1 Å². The van der Waals surface area contributed by atoms with Crippen molar-refractivity contribution < 1.29 is 22.8 Å². The number of amides is 2. The highest BCUT2D eigenvalue weighted by atomic mass is 19.4. The molecule has 4 nitrogen and oxygen atoms in total. The van der Waals surface area contributed by atoms with Crippen molar-refractivity contribution in [1.82, 2.24) is 5.32 Å². The lowest BCUT2D eigenvalue weighted by Gasteiger charge is -2.28. The molecule has 2 saturated carbocycles. The van der Waals surface area contributed by atoms with Crippen LogP contribution < -0.4 is 10.6 Å². The fraction of sp³-hybridized carbons (Fsp3) is 0.600. The molecule has 2 amide bonds. The lowest BCUT2D eigenvalue weighted by molar-refractivity contribution is -0.137. The fourth-order valence-electron chi connectivity index (χ4n) is 4.02. The van der Waals surface area contributed by atoms with Crippen molar-refractivity contribution in [2.75, 3.05) is 5.32 Å². The Balaban J connectivity index is 1.49. The number of hydrogen-bond donors (Lipinski definition) is 2. The van der Waals surface area contributed by atoms with Crippen molar-refractivity contribution in [3.63, 3.8) is 0 Å². The van der Waals surface area contributed by atoms with E-state index < -0.39 is 11.7 Å². The van der Waals surface area contributed by atoms with Crippen LogP contribution in [0.5, 0.6) is 0 Å². The summed E-state index contributed by atoms with van der Waals surface area (Å²) in [7, 11) is 0. The highest BCUT2D eigenvalue weighted by molar-refractivity contribution is 5.92. The van der Waals surface area contributed by atoms with Crippen LogP contribution in [0.15, 0.2) is 24.3 Å². The second-order valence-corrected chi connectivity index (χ2v) is 7.61. The predicted molar refractivity (Wildman–Crippen MR) is 95.9 cm³/mol. The lowest BCUT2D eigenvalue weighted by Crippen LogP contribution is -2.39. The quantitative estimate of drug-likeness (QED) is 0.805. The third-order valence-electron chi connectivity index (χ3n) is 5.63. The molecule has 0 spiro atoms. The number of benzene rings is 1. The minimum atomic E-state index is -4.44. The Bertz CT molecular complexity index is 676. The second-order valence-electron chi connectivity index (χ2n) is 7.61. The smallest absolute Gasteiger partial charge is 0.353 e. The zero-order valence-electron chi connectivity index (χ0n) is 15.1. The standard InChI is InChI=1S/C20H25F3N2O2/c21-20(22,23)15-4-3-7-17(12-15)25-19(27)14-10-8-13(9-11-14)18(26)24-16-5-1-2-6-16/h3-4,7,12-14,16H,1-2,5-6,8-11H2,(H,24,26)(H,25,27). The molecule has 27 heavy (non-hydrogen) atoms. The summed E-state index contributed by atoms with van der Waals surface area (Å²) in [6.45, 7) is 0. The maximum atomic E-state index is 12.8. The molecular weight excluding hydrogens is 357 g/mol. The van der Waals surface area contributed by atoms with Gasteiger partial charge in [-0.1, -0.05) is 18.9 Å². The third kappa shape index (κ3) is 5.23. The molecule has 2 N–H and O–H groups in total. The molecule has 0 atom stereocenters. The average Bonchev–Trinajstić information content (AvgIpc) is 3.14. The number of carbonyl (C=O) groups is 2. The van der Waals surface area contributed by atoms with Crippen molar-refractivity contribution >= 4 is 17.5 Å². The first-order valence-corrected chi connectivity index (χ1v) is 9.61. The van der Waals surface area contributed by atoms with E-state index in [1.807, 2.05) is 0 Å². The molecule has 7 heteroatoms. The number of alkyl halides is 3. The van der Waals surface area contributed by atoms with Gasteiger partial charge in [-0.05, 0) is 56.7 Å². The van der Waals surface area contributed by atoms with Crippen molar-refractivity contribution in [2.45, 2.75) is 63.6 Å². The molecule has 2 aliphatic carbocycles. The molecule has 0 aromatic heterocycles. The molecule has 0 bridgehead atoms. The first-order chi connectivity index (χ1) is 12.8. The van der Waals surface area contributed by atoms with Gasteiger partial charge in [0.25, 0.3) is 0 Å². The maximum Gasteiger partial charge on any atom is 0.416 e. The topological polar surface area (TPSA) is 58.2 Å². The van der Waals surface area contributed by atoms with Crippen LogP contribution in [0.1, 0.15) is 56.9 Å². The second kappa shape index (κ2) is 8.31. The van der Waals surface area contributed by atoms with Gasteiger partial charge in [-0.2, -0.15) is 13.2 Å². The van der Waals surface area contributed by atoms with Crippen LogP contribution in [0.25, 0.3) is 0 Å². The van der Waals surface area contributed by atoms with Crippen LogP contribution >= 0.6 is 0 Å². The molecule has 0 aliphatic heterocycles. The molecule has 1 aromatic rings. The lowest BCUT2D eigenvalue weighted by atomic mass is 9.81. The zero-order valence-corrected chi connectivity index (χ0v) is 15.1. The maximum absolute atomic E-state index is 12.8. The summed E-state index contributed by atoms with van der Waals surface area (Å²) in [5, 5.41) is 5.69. The van der Waals surface area contributed by atoms with E-state index in [9.17, 15) is 22.8 Å². The molecule has 3 rings (SSSR count). The number of halogens is 3. The molecule has 148 valence electrons. The van der Waals surface area contributed by atoms with Crippen LogP contribution in [0.3, 0.4) is 0 Å². The Morgan fingerprint density at radius 3 is 2.07 bits per heavy atom. The van der Waals surface area contributed by atoms with Crippen molar-refractivity contribution in [2.24, 2.45) is 11.8 Å². The van der Waals surface area contributed by atoms with E-state index in [4.69, 9.17) is 0 Å². The molecule has 2 aliphatic rings. The van der Waals surface area contributed by atoms with Crippen LogP contribution in [-0.4, -0.2) is 17.9 Å². The number of carbonyl (C=O) groups excluding carboxylic acids is 2. The van der Waals surface area contributed by atoms with Crippen molar-refractivity contribution in [1.29, 1.82) is 0 Å². The summed E-state index contributed by atoms with van der Waals surface area (Å²) in [6.07, 6.45) is 2.40. The van der Waals surface area contributed by atoms with Gasteiger partial charge in [0.1, 0.15) is 0 Å². The predicted octanol–water partition coefficient (Wildman–Crippen LogP) is 4.51. The Kier molecular flexibility index (Phi) is 6.07. The molecule has 0 saturated heterocycles. The van der Waals surface area contributed by atoms with Gasteiger partial charge >= 0.3 is 6.18 Å². The average molecular weight is 382 g/mol. The SMILES string of the molecule is O=C(Nc1cccc(C(F)(F)F)c1)C1CCC(C(=O)NC2CCCC2)CC1. The van der Waals surface area contributed by atoms with Crippen LogP contribution in [0.2, 0.25) is 0 Å². The van der Waals surface area contributed by atoms with Gasteiger partial charge in [0.15, 0.2) is 0 Å². The molecule has 0 radical (unpaired) electrons. The van der Waals surface area contributed by atoms with E-state index in [-0.39, 0.29) is 29.3 Å². The van der Waals surface area contributed by atoms with Gasteiger partial charge in [-0.3, -0.25) is 9.59 Å². The first-order valence-electron chi connectivity index (χ1n) is 9.61. The van der Waals surface area contributed by atoms with E-state index >= 15 is 0 Å². The number of anilines is 1. The van der Waals surface area contributed by atoms with E-state index in [2.05, 4.69) is 10.6 Å². The normalized spacial score (nSPS) is 23.8. The van der Waals surface area contributed by atoms with E-state index in [0.29, 0.717) is 31.7 Å². The summed E-state index contributed by atoms with van der Waals surface area (Å²) < 4.78 is 38.3.